The van der Waals surface area contributed by atoms with E-state index in [1.165, 1.54) is 26.8 Å². The number of thiophene rings is 1. The van der Waals surface area contributed by atoms with Gasteiger partial charge in [0.2, 0.25) is 0 Å². The van der Waals surface area contributed by atoms with Crippen LogP contribution in [0.5, 0.6) is 0 Å². The zero-order chi connectivity index (χ0) is 10.1. The lowest BCUT2D eigenvalue weighted by molar-refractivity contribution is 1.17. The van der Waals surface area contributed by atoms with Gasteiger partial charge in [-0.3, -0.25) is 0 Å². The summed E-state index contributed by atoms with van der Waals surface area (Å²) in [5, 5.41) is 4.69. The summed E-state index contributed by atoms with van der Waals surface area (Å²) in [4.78, 5) is 0. The number of fused-ring (bicyclic) bond motifs is 1. The Morgan fingerprint density at radius 1 is 1.36 bits per heavy atom. The summed E-state index contributed by atoms with van der Waals surface area (Å²) in [6, 6.07) is 4.58. The number of hydrogen-bond acceptors (Lipinski definition) is 1. The van der Waals surface area contributed by atoms with Crippen LogP contribution in [0.15, 0.2) is 17.5 Å². The summed E-state index contributed by atoms with van der Waals surface area (Å²) < 4.78 is 1.45. The van der Waals surface area contributed by atoms with Gasteiger partial charge in [-0.2, -0.15) is 0 Å². The van der Waals surface area contributed by atoms with Crippen LogP contribution in [-0.2, 0) is 11.8 Å². The van der Waals surface area contributed by atoms with Gasteiger partial charge in [-0.1, -0.05) is 28.9 Å². The van der Waals surface area contributed by atoms with E-state index in [2.05, 4.69) is 47.3 Å². The van der Waals surface area contributed by atoms with E-state index < -0.39 is 0 Å². The Morgan fingerprint density at radius 3 is 2.79 bits per heavy atom. The standard InChI is InChI=1S/C12H13BrS/c1-3-10-7-14-12-8(2)4-9(6-13)5-11(10)12/h4-5,7H,3,6H2,1-2H3. The smallest absolute Gasteiger partial charge is 0.0374 e. The molecule has 1 heterocycles. The molecule has 0 bridgehead atoms. The van der Waals surface area contributed by atoms with Crippen LogP contribution in [0.4, 0.5) is 0 Å². The maximum absolute atomic E-state index is 3.52. The van der Waals surface area contributed by atoms with Crippen molar-refractivity contribution in [1.29, 1.82) is 0 Å². The molecule has 0 N–H and O–H groups in total. The highest BCUT2D eigenvalue weighted by atomic mass is 79.9. The SMILES string of the molecule is CCc1csc2c(C)cc(CBr)cc12. The minimum Gasteiger partial charge on any atom is -0.143 e. The highest BCUT2D eigenvalue weighted by Crippen LogP contribution is 2.31. The van der Waals surface area contributed by atoms with Crippen molar-refractivity contribution in [2.75, 3.05) is 0 Å². The fourth-order valence-electron chi connectivity index (χ4n) is 1.79. The van der Waals surface area contributed by atoms with Crippen molar-refractivity contribution >= 4 is 37.4 Å². The second-order valence-corrected chi connectivity index (χ2v) is 4.98. The quantitative estimate of drug-likeness (QED) is 0.695. The van der Waals surface area contributed by atoms with E-state index in [-0.39, 0.29) is 0 Å². The second kappa shape index (κ2) is 4.03. The Labute approximate surface area is 97.1 Å². The molecule has 0 unspecified atom stereocenters. The lowest BCUT2D eigenvalue weighted by Gasteiger charge is -2.02. The molecule has 2 heteroatoms. The predicted molar refractivity (Wildman–Crippen MR) is 68.6 cm³/mol. The normalized spacial score (nSPS) is 11.1. The molecule has 14 heavy (non-hydrogen) atoms. The molecule has 0 aliphatic rings. The van der Waals surface area contributed by atoms with Gasteiger partial charge in [-0.15, -0.1) is 11.3 Å². The molecule has 1 aromatic carbocycles. The number of aryl methyl sites for hydroxylation is 2. The highest BCUT2D eigenvalue weighted by Gasteiger charge is 2.06. The van der Waals surface area contributed by atoms with Crippen LogP contribution in [0.2, 0.25) is 0 Å². The first-order valence-corrected chi connectivity index (χ1v) is 6.82. The third-order valence-electron chi connectivity index (χ3n) is 2.53. The first kappa shape index (κ1) is 10.2. The summed E-state index contributed by atoms with van der Waals surface area (Å²) >= 11 is 5.38. The number of rotatable bonds is 2. The van der Waals surface area contributed by atoms with E-state index in [0.29, 0.717) is 0 Å². The molecule has 2 rings (SSSR count). The molecule has 0 nitrogen and oxygen atoms in total. The maximum Gasteiger partial charge on any atom is 0.0374 e. The first-order valence-electron chi connectivity index (χ1n) is 4.81. The van der Waals surface area contributed by atoms with Gasteiger partial charge in [0.1, 0.15) is 0 Å². The monoisotopic (exact) mass is 268 g/mol. The molecule has 2 aromatic rings. The molecule has 0 atom stereocenters. The Balaban J connectivity index is 2.73. The number of halogens is 1. The van der Waals surface area contributed by atoms with Gasteiger partial charge in [-0.05, 0) is 46.9 Å². The molecule has 0 spiro atoms. The van der Waals surface area contributed by atoms with Crippen LogP contribution in [0.25, 0.3) is 10.1 Å². The van der Waals surface area contributed by atoms with E-state index >= 15 is 0 Å². The molecule has 0 aliphatic carbocycles. The van der Waals surface area contributed by atoms with E-state index in [9.17, 15) is 0 Å². The third kappa shape index (κ3) is 1.61. The third-order valence-corrected chi connectivity index (χ3v) is 4.36. The summed E-state index contributed by atoms with van der Waals surface area (Å²) in [6.07, 6.45) is 1.13. The molecule has 0 saturated carbocycles. The summed E-state index contributed by atoms with van der Waals surface area (Å²) in [5.41, 5.74) is 4.26. The lowest BCUT2D eigenvalue weighted by Crippen LogP contribution is -1.83. The molecule has 0 radical (unpaired) electrons. The van der Waals surface area contributed by atoms with Crippen molar-refractivity contribution < 1.29 is 0 Å². The van der Waals surface area contributed by atoms with Crippen molar-refractivity contribution in [2.24, 2.45) is 0 Å². The van der Waals surface area contributed by atoms with E-state index in [1.54, 1.807) is 0 Å². The number of benzene rings is 1. The Morgan fingerprint density at radius 2 is 2.14 bits per heavy atom. The number of alkyl halides is 1. The van der Waals surface area contributed by atoms with Crippen LogP contribution in [0.1, 0.15) is 23.6 Å². The van der Waals surface area contributed by atoms with Crippen LogP contribution in [-0.4, -0.2) is 0 Å². The molecule has 0 amide bonds. The fourth-order valence-corrected chi connectivity index (χ4v) is 3.23. The van der Waals surface area contributed by atoms with Gasteiger partial charge in [0, 0.05) is 10.0 Å². The highest BCUT2D eigenvalue weighted by molar-refractivity contribution is 9.08. The van der Waals surface area contributed by atoms with Gasteiger partial charge in [-0.25, -0.2) is 0 Å². The summed E-state index contributed by atoms with van der Waals surface area (Å²) in [6.45, 7) is 4.42. The van der Waals surface area contributed by atoms with Crippen molar-refractivity contribution in [1.82, 2.24) is 0 Å². The zero-order valence-corrected chi connectivity index (χ0v) is 10.8. The summed E-state index contributed by atoms with van der Waals surface area (Å²) in [5.74, 6) is 0. The minimum absolute atomic E-state index is 0.947. The van der Waals surface area contributed by atoms with Crippen molar-refractivity contribution in [3.63, 3.8) is 0 Å². The Bertz CT molecular complexity index is 457. The molecule has 0 fully saturated rings. The van der Waals surface area contributed by atoms with Gasteiger partial charge in [0.15, 0.2) is 0 Å². The van der Waals surface area contributed by atoms with Crippen molar-refractivity contribution in [2.45, 2.75) is 25.6 Å². The van der Waals surface area contributed by atoms with Crippen LogP contribution in [0, 0.1) is 6.92 Å². The van der Waals surface area contributed by atoms with Gasteiger partial charge >= 0.3 is 0 Å². The molecule has 1 aromatic heterocycles. The Kier molecular flexibility index (Phi) is 2.93. The van der Waals surface area contributed by atoms with E-state index in [0.717, 1.165) is 11.8 Å². The maximum atomic E-state index is 3.52. The zero-order valence-electron chi connectivity index (χ0n) is 8.43. The fraction of sp³-hybridized carbons (Fsp3) is 0.333. The van der Waals surface area contributed by atoms with Gasteiger partial charge < -0.3 is 0 Å². The topological polar surface area (TPSA) is 0 Å². The Hall–Kier alpha value is -0.340. The molecular formula is C12H13BrS. The second-order valence-electron chi connectivity index (χ2n) is 3.54. The van der Waals surface area contributed by atoms with Crippen LogP contribution < -0.4 is 0 Å². The molecule has 0 saturated heterocycles. The van der Waals surface area contributed by atoms with Crippen LogP contribution >= 0.6 is 27.3 Å². The molecule has 0 aliphatic heterocycles. The molecule has 74 valence electrons. The van der Waals surface area contributed by atoms with Crippen molar-refractivity contribution in [3.05, 3.63) is 34.2 Å². The van der Waals surface area contributed by atoms with Crippen LogP contribution in [0.3, 0.4) is 0 Å². The van der Waals surface area contributed by atoms with E-state index in [4.69, 9.17) is 0 Å². The average molecular weight is 269 g/mol. The predicted octanol–water partition coefficient (Wildman–Crippen LogP) is 4.67. The number of hydrogen-bond donors (Lipinski definition) is 0. The minimum atomic E-state index is 0.947. The molecular weight excluding hydrogens is 256 g/mol. The largest absolute Gasteiger partial charge is 0.143 e. The average Bonchev–Trinajstić information content (AvgIpc) is 2.61. The summed E-state index contributed by atoms with van der Waals surface area (Å²) in [7, 11) is 0. The van der Waals surface area contributed by atoms with Crippen molar-refractivity contribution in [3.8, 4) is 0 Å². The van der Waals surface area contributed by atoms with E-state index in [1.807, 2.05) is 11.3 Å². The first-order chi connectivity index (χ1) is 6.76. The van der Waals surface area contributed by atoms with Gasteiger partial charge in [0.25, 0.3) is 0 Å². The lowest BCUT2D eigenvalue weighted by atomic mass is 10.1. The van der Waals surface area contributed by atoms with Gasteiger partial charge in [0.05, 0.1) is 0 Å².